The molecule has 1 aromatic heterocycles. The summed E-state index contributed by atoms with van der Waals surface area (Å²) in [6, 6.07) is 8.05. The Labute approximate surface area is 120 Å². The molecule has 0 aliphatic rings. The van der Waals surface area contributed by atoms with Gasteiger partial charge in [-0.1, -0.05) is 26.0 Å². The lowest BCUT2D eigenvalue weighted by molar-refractivity contribution is 0.340. The number of nitrogen functional groups attached to an aromatic ring is 1. The number of aryl methyl sites for hydroxylation is 1. The first-order chi connectivity index (χ1) is 9.58. The second kappa shape index (κ2) is 5.99. The third-order valence-corrected chi connectivity index (χ3v) is 3.65. The highest BCUT2D eigenvalue weighted by Crippen LogP contribution is 2.35. The summed E-state index contributed by atoms with van der Waals surface area (Å²) in [5, 5.41) is 4.58. The molecule has 1 unspecified atom stereocenters. The van der Waals surface area contributed by atoms with Crippen molar-refractivity contribution in [3.63, 3.8) is 0 Å². The molecule has 0 fully saturated rings. The molecule has 1 heterocycles. The third kappa shape index (κ3) is 2.64. The number of benzene rings is 1. The number of nitrogens with zero attached hydrogens (tertiary/aromatic N) is 2. The summed E-state index contributed by atoms with van der Waals surface area (Å²) < 4.78 is 7.24. The van der Waals surface area contributed by atoms with Crippen LogP contribution < -0.4 is 10.5 Å². The second-order valence-electron chi connectivity index (χ2n) is 5.04. The first-order valence-electron chi connectivity index (χ1n) is 7.14. The van der Waals surface area contributed by atoms with E-state index in [1.807, 2.05) is 38.2 Å². The molecule has 20 heavy (non-hydrogen) atoms. The van der Waals surface area contributed by atoms with Gasteiger partial charge < -0.3 is 10.5 Å². The van der Waals surface area contributed by atoms with Crippen LogP contribution in [0.5, 0.6) is 5.75 Å². The van der Waals surface area contributed by atoms with Crippen LogP contribution in [0.4, 0.5) is 5.82 Å². The topological polar surface area (TPSA) is 53.1 Å². The van der Waals surface area contributed by atoms with Gasteiger partial charge in [0.05, 0.1) is 12.3 Å². The van der Waals surface area contributed by atoms with Gasteiger partial charge in [0.15, 0.2) is 0 Å². The van der Waals surface area contributed by atoms with Gasteiger partial charge >= 0.3 is 0 Å². The van der Waals surface area contributed by atoms with Gasteiger partial charge in [0.2, 0.25) is 0 Å². The lowest BCUT2D eigenvalue weighted by Gasteiger charge is -2.10. The minimum Gasteiger partial charge on any atom is -0.494 e. The molecule has 1 aromatic carbocycles. The van der Waals surface area contributed by atoms with Gasteiger partial charge in [-0.25, -0.2) is 0 Å². The Kier molecular flexibility index (Phi) is 4.32. The van der Waals surface area contributed by atoms with E-state index in [1.54, 1.807) is 4.68 Å². The molecule has 0 aliphatic heterocycles. The molecule has 0 aliphatic carbocycles. The summed E-state index contributed by atoms with van der Waals surface area (Å²) in [7, 11) is 1.89. The van der Waals surface area contributed by atoms with Gasteiger partial charge in [-0.15, -0.1) is 0 Å². The van der Waals surface area contributed by atoms with Crippen LogP contribution in [0.25, 0.3) is 11.1 Å². The maximum atomic E-state index is 6.19. The Morgan fingerprint density at radius 3 is 2.45 bits per heavy atom. The van der Waals surface area contributed by atoms with Crippen molar-refractivity contribution in [3.05, 3.63) is 30.0 Å². The Hall–Kier alpha value is -1.97. The summed E-state index contributed by atoms with van der Waals surface area (Å²) in [5.41, 5.74) is 9.40. The molecule has 2 N–H and O–H groups in total. The molecule has 0 bridgehead atoms. The molecular weight excluding hydrogens is 250 g/mol. The van der Waals surface area contributed by atoms with Gasteiger partial charge in [0.1, 0.15) is 11.6 Å². The van der Waals surface area contributed by atoms with Crippen molar-refractivity contribution < 1.29 is 4.74 Å². The SMILES string of the molecule is CCOc1ccc(-c2c(C(C)CC)nn(C)c2N)cc1. The zero-order valence-corrected chi connectivity index (χ0v) is 12.7. The number of hydrogen-bond donors (Lipinski definition) is 1. The zero-order chi connectivity index (χ0) is 14.7. The van der Waals surface area contributed by atoms with E-state index in [2.05, 4.69) is 18.9 Å². The molecule has 2 aromatic rings. The van der Waals surface area contributed by atoms with Crippen molar-refractivity contribution in [2.24, 2.45) is 7.05 Å². The van der Waals surface area contributed by atoms with Crippen molar-refractivity contribution in [2.75, 3.05) is 12.3 Å². The maximum Gasteiger partial charge on any atom is 0.129 e. The summed E-state index contributed by atoms with van der Waals surface area (Å²) >= 11 is 0. The fourth-order valence-corrected chi connectivity index (χ4v) is 2.28. The van der Waals surface area contributed by atoms with E-state index >= 15 is 0 Å². The fraction of sp³-hybridized carbons (Fsp3) is 0.438. The van der Waals surface area contributed by atoms with Crippen LogP contribution in [0.2, 0.25) is 0 Å². The van der Waals surface area contributed by atoms with E-state index < -0.39 is 0 Å². The predicted octanol–water partition coefficient (Wildman–Crippen LogP) is 3.58. The smallest absolute Gasteiger partial charge is 0.129 e. The van der Waals surface area contributed by atoms with Crippen LogP contribution in [-0.2, 0) is 7.05 Å². The number of rotatable bonds is 5. The Morgan fingerprint density at radius 2 is 1.90 bits per heavy atom. The number of aromatic nitrogens is 2. The minimum absolute atomic E-state index is 0.389. The van der Waals surface area contributed by atoms with Gasteiger partial charge in [0, 0.05) is 18.5 Å². The highest BCUT2D eigenvalue weighted by atomic mass is 16.5. The highest BCUT2D eigenvalue weighted by Gasteiger charge is 2.19. The number of nitrogens with two attached hydrogens (primary N) is 1. The molecule has 4 nitrogen and oxygen atoms in total. The number of anilines is 1. The molecular formula is C16H23N3O. The largest absolute Gasteiger partial charge is 0.494 e. The van der Waals surface area contributed by atoms with Gasteiger partial charge in [-0.3, -0.25) is 4.68 Å². The van der Waals surface area contributed by atoms with Crippen molar-refractivity contribution in [2.45, 2.75) is 33.1 Å². The van der Waals surface area contributed by atoms with Crippen molar-refractivity contribution in [3.8, 4) is 16.9 Å². The maximum absolute atomic E-state index is 6.19. The monoisotopic (exact) mass is 273 g/mol. The Bertz CT molecular complexity index is 572. The van der Waals surface area contributed by atoms with E-state index in [0.717, 1.165) is 29.0 Å². The van der Waals surface area contributed by atoms with E-state index in [-0.39, 0.29) is 0 Å². The third-order valence-electron chi connectivity index (χ3n) is 3.65. The average Bonchev–Trinajstić information content (AvgIpc) is 2.75. The summed E-state index contributed by atoms with van der Waals surface area (Å²) in [6.45, 7) is 7.00. The standard InChI is InChI=1S/C16H23N3O/c1-5-11(3)15-14(16(17)19(4)18-15)12-7-9-13(10-8-12)20-6-2/h7-11H,5-6,17H2,1-4H3. The summed E-state index contributed by atoms with van der Waals surface area (Å²) in [4.78, 5) is 0. The molecule has 0 radical (unpaired) electrons. The fourth-order valence-electron chi connectivity index (χ4n) is 2.28. The quantitative estimate of drug-likeness (QED) is 0.906. The van der Waals surface area contributed by atoms with Gasteiger partial charge in [-0.2, -0.15) is 5.10 Å². The molecule has 2 rings (SSSR count). The number of ether oxygens (including phenoxy) is 1. The lowest BCUT2D eigenvalue weighted by Crippen LogP contribution is -1.98. The van der Waals surface area contributed by atoms with Crippen LogP contribution in [0.1, 0.15) is 38.8 Å². The van der Waals surface area contributed by atoms with Crippen LogP contribution in [0, 0.1) is 0 Å². The Balaban J connectivity index is 2.45. The zero-order valence-electron chi connectivity index (χ0n) is 12.7. The van der Waals surface area contributed by atoms with Gasteiger partial charge in [0.25, 0.3) is 0 Å². The van der Waals surface area contributed by atoms with E-state index in [1.165, 1.54) is 0 Å². The minimum atomic E-state index is 0.389. The number of hydrogen-bond acceptors (Lipinski definition) is 3. The average molecular weight is 273 g/mol. The van der Waals surface area contributed by atoms with Crippen LogP contribution in [0.15, 0.2) is 24.3 Å². The normalized spacial score (nSPS) is 12.4. The molecule has 0 saturated carbocycles. The molecule has 0 saturated heterocycles. The van der Waals surface area contributed by atoms with Crippen molar-refractivity contribution >= 4 is 5.82 Å². The van der Waals surface area contributed by atoms with Crippen LogP contribution in [-0.4, -0.2) is 16.4 Å². The van der Waals surface area contributed by atoms with Crippen molar-refractivity contribution in [1.82, 2.24) is 9.78 Å². The highest BCUT2D eigenvalue weighted by molar-refractivity contribution is 5.77. The molecule has 1 atom stereocenters. The summed E-state index contributed by atoms with van der Waals surface area (Å²) in [5.74, 6) is 1.98. The van der Waals surface area contributed by atoms with Crippen LogP contribution >= 0.6 is 0 Å². The van der Waals surface area contributed by atoms with Crippen LogP contribution in [0.3, 0.4) is 0 Å². The first-order valence-corrected chi connectivity index (χ1v) is 7.14. The van der Waals surface area contributed by atoms with Crippen molar-refractivity contribution in [1.29, 1.82) is 0 Å². The molecule has 0 spiro atoms. The molecule has 4 heteroatoms. The van der Waals surface area contributed by atoms with Gasteiger partial charge in [-0.05, 0) is 31.0 Å². The predicted molar refractivity (Wildman–Crippen MR) is 82.9 cm³/mol. The van der Waals surface area contributed by atoms with E-state index in [9.17, 15) is 0 Å². The van der Waals surface area contributed by atoms with E-state index in [4.69, 9.17) is 10.5 Å². The molecule has 0 amide bonds. The lowest BCUT2D eigenvalue weighted by atomic mass is 9.96. The summed E-state index contributed by atoms with van der Waals surface area (Å²) in [6.07, 6.45) is 1.04. The Morgan fingerprint density at radius 1 is 1.25 bits per heavy atom. The molecule has 108 valence electrons. The van der Waals surface area contributed by atoms with E-state index in [0.29, 0.717) is 18.3 Å². The second-order valence-corrected chi connectivity index (χ2v) is 5.04. The first kappa shape index (κ1) is 14.4.